The van der Waals surface area contributed by atoms with Crippen LogP contribution in [0.2, 0.25) is 0 Å². The Labute approximate surface area is 117 Å². The lowest BCUT2D eigenvalue weighted by Gasteiger charge is -2.07. The molecule has 0 radical (unpaired) electrons. The van der Waals surface area contributed by atoms with Crippen LogP contribution in [0.15, 0.2) is 36.4 Å². The molecule has 0 aliphatic rings. The predicted octanol–water partition coefficient (Wildman–Crippen LogP) is 1.75. The quantitative estimate of drug-likeness (QED) is 0.339. The zero-order chi connectivity index (χ0) is 15.0. The van der Waals surface area contributed by atoms with Gasteiger partial charge in [0.25, 0.3) is 0 Å². The summed E-state index contributed by atoms with van der Waals surface area (Å²) >= 11 is 0. The van der Waals surface area contributed by atoms with Gasteiger partial charge < -0.3 is 14.6 Å². The highest BCUT2D eigenvalue weighted by atomic mass is 16.6. The maximum atomic E-state index is 11.5. The standard InChI is InChI=1S/C15H18O5/c1-11(2)15(18)20-10-9-19-13-5-3-12(4-6-13)14(17)7-8-16/h3-6,16H,1,7-10H2,2H3. The van der Waals surface area contributed by atoms with E-state index in [1.807, 2.05) is 0 Å². The van der Waals surface area contributed by atoms with E-state index in [4.69, 9.17) is 14.6 Å². The zero-order valence-electron chi connectivity index (χ0n) is 11.4. The van der Waals surface area contributed by atoms with Crippen LogP contribution in [-0.4, -0.2) is 36.7 Å². The molecule has 108 valence electrons. The number of esters is 1. The molecule has 1 aromatic rings. The van der Waals surface area contributed by atoms with Gasteiger partial charge in [0.2, 0.25) is 0 Å². The number of rotatable bonds is 8. The summed E-state index contributed by atoms with van der Waals surface area (Å²) < 4.78 is 10.2. The molecule has 0 unspecified atom stereocenters. The minimum absolute atomic E-state index is 0.108. The van der Waals surface area contributed by atoms with Crippen LogP contribution in [-0.2, 0) is 9.53 Å². The second kappa shape index (κ2) is 8.12. The molecule has 0 saturated carbocycles. The second-order valence-corrected chi connectivity index (χ2v) is 4.19. The molecule has 0 aromatic heterocycles. The molecule has 1 N–H and O–H groups in total. The number of aliphatic hydroxyl groups is 1. The van der Waals surface area contributed by atoms with Crippen molar-refractivity contribution < 1.29 is 24.2 Å². The molecule has 0 aliphatic heterocycles. The van der Waals surface area contributed by atoms with Gasteiger partial charge in [0.1, 0.15) is 19.0 Å². The second-order valence-electron chi connectivity index (χ2n) is 4.19. The lowest BCUT2D eigenvalue weighted by Crippen LogP contribution is -2.12. The van der Waals surface area contributed by atoms with Gasteiger partial charge in [-0.3, -0.25) is 4.79 Å². The number of aliphatic hydroxyl groups excluding tert-OH is 1. The summed E-state index contributed by atoms with van der Waals surface area (Å²) in [5, 5.41) is 8.69. The van der Waals surface area contributed by atoms with Crippen LogP contribution >= 0.6 is 0 Å². The fraction of sp³-hybridized carbons (Fsp3) is 0.333. The van der Waals surface area contributed by atoms with Gasteiger partial charge in [-0.05, 0) is 31.2 Å². The summed E-state index contributed by atoms with van der Waals surface area (Å²) in [7, 11) is 0. The first-order chi connectivity index (χ1) is 9.54. The van der Waals surface area contributed by atoms with Gasteiger partial charge in [-0.2, -0.15) is 0 Å². The van der Waals surface area contributed by atoms with Gasteiger partial charge in [0.15, 0.2) is 5.78 Å². The van der Waals surface area contributed by atoms with Gasteiger partial charge in [0.05, 0.1) is 6.61 Å². The van der Waals surface area contributed by atoms with Crippen molar-refractivity contribution in [3.05, 3.63) is 42.0 Å². The molecule has 0 saturated heterocycles. The predicted molar refractivity (Wildman–Crippen MR) is 73.7 cm³/mol. The highest BCUT2D eigenvalue weighted by molar-refractivity contribution is 5.96. The highest BCUT2D eigenvalue weighted by Crippen LogP contribution is 2.13. The van der Waals surface area contributed by atoms with Gasteiger partial charge in [-0.15, -0.1) is 0 Å². The summed E-state index contributed by atoms with van der Waals surface area (Å²) in [6.45, 7) is 5.24. The molecule has 5 nitrogen and oxygen atoms in total. The van der Waals surface area contributed by atoms with Crippen molar-refractivity contribution >= 4 is 11.8 Å². The Kier molecular flexibility index (Phi) is 6.46. The fourth-order valence-electron chi connectivity index (χ4n) is 1.40. The Hall–Kier alpha value is -2.14. The van der Waals surface area contributed by atoms with Crippen LogP contribution in [0, 0.1) is 0 Å². The van der Waals surface area contributed by atoms with E-state index in [2.05, 4.69) is 6.58 Å². The maximum absolute atomic E-state index is 11.5. The van der Waals surface area contributed by atoms with Crippen LogP contribution in [0.5, 0.6) is 5.75 Å². The minimum Gasteiger partial charge on any atom is -0.490 e. The molecule has 0 atom stereocenters. The minimum atomic E-state index is -0.446. The number of Topliss-reactive ketones (excluding diaryl/α,β-unsaturated/α-hetero) is 1. The monoisotopic (exact) mass is 278 g/mol. The third-order valence-electron chi connectivity index (χ3n) is 2.45. The summed E-state index contributed by atoms with van der Waals surface area (Å²) in [4.78, 5) is 22.6. The molecular formula is C15H18O5. The summed E-state index contributed by atoms with van der Waals surface area (Å²) in [6.07, 6.45) is 0.108. The Bertz CT molecular complexity index is 476. The lowest BCUT2D eigenvalue weighted by atomic mass is 10.1. The average molecular weight is 278 g/mol. The molecule has 20 heavy (non-hydrogen) atoms. The number of carbonyl (C=O) groups excluding carboxylic acids is 2. The smallest absolute Gasteiger partial charge is 0.333 e. The zero-order valence-corrected chi connectivity index (χ0v) is 11.4. The molecule has 0 fully saturated rings. The molecular weight excluding hydrogens is 260 g/mol. The van der Waals surface area contributed by atoms with Crippen molar-refractivity contribution in [2.24, 2.45) is 0 Å². The van der Waals surface area contributed by atoms with Crippen molar-refractivity contribution in [1.82, 2.24) is 0 Å². The highest BCUT2D eigenvalue weighted by Gasteiger charge is 2.05. The van der Waals surface area contributed by atoms with Gasteiger partial charge in [-0.25, -0.2) is 4.79 Å². The van der Waals surface area contributed by atoms with Crippen molar-refractivity contribution in [3.8, 4) is 5.75 Å². The van der Waals surface area contributed by atoms with E-state index in [0.717, 1.165) is 0 Å². The first-order valence-corrected chi connectivity index (χ1v) is 6.24. The van der Waals surface area contributed by atoms with Crippen molar-refractivity contribution in [2.75, 3.05) is 19.8 Å². The first-order valence-electron chi connectivity index (χ1n) is 6.24. The Morgan fingerprint density at radius 3 is 2.40 bits per heavy atom. The average Bonchev–Trinajstić information content (AvgIpc) is 2.44. The molecule has 0 spiro atoms. The lowest BCUT2D eigenvalue weighted by molar-refractivity contribution is -0.139. The van der Waals surface area contributed by atoms with E-state index in [-0.39, 0.29) is 32.0 Å². The van der Waals surface area contributed by atoms with Gasteiger partial charge in [-0.1, -0.05) is 6.58 Å². The number of ketones is 1. The van der Waals surface area contributed by atoms with Crippen LogP contribution in [0.25, 0.3) is 0 Å². The molecule has 1 rings (SSSR count). The van der Waals surface area contributed by atoms with E-state index in [1.165, 1.54) is 0 Å². The fourth-order valence-corrected chi connectivity index (χ4v) is 1.40. The number of carbonyl (C=O) groups is 2. The maximum Gasteiger partial charge on any atom is 0.333 e. The molecule has 1 aromatic carbocycles. The number of ether oxygens (including phenoxy) is 2. The van der Waals surface area contributed by atoms with E-state index in [9.17, 15) is 9.59 Å². The van der Waals surface area contributed by atoms with Gasteiger partial charge in [0, 0.05) is 17.6 Å². The van der Waals surface area contributed by atoms with E-state index in [1.54, 1.807) is 31.2 Å². The summed E-state index contributed by atoms with van der Waals surface area (Å²) in [5.41, 5.74) is 0.872. The van der Waals surface area contributed by atoms with Crippen LogP contribution in [0.1, 0.15) is 23.7 Å². The van der Waals surface area contributed by atoms with Crippen molar-refractivity contribution in [1.29, 1.82) is 0 Å². The number of benzene rings is 1. The Balaban J connectivity index is 2.37. The number of hydrogen-bond acceptors (Lipinski definition) is 5. The first kappa shape index (κ1) is 15.9. The van der Waals surface area contributed by atoms with Crippen molar-refractivity contribution in [3.63, 3.8) is 0 Å². The van der Waals surface area contributed by atoms with Crippen LogP contribution < -0.4 is 4.74 Å². The molecule has 0 amide bonds. The van der Waals surface area contributed by atoms with Gasteiger partial charge >= 0.3 is 5.97 Å². The summed E-state index contributed by atoms with van der Waals surface area (Å²) in [6, 6.07) is 6.58. The Morgan fingerprint density at radius 2 is 1.85 bits per heavy atom. The third-order valence-corrected chi connectivity index (χ3v) is 2.45. The molecule has 0 bridgehead atoms. The SMILES string of the molecule is C=C(C)C(=O)OCCOc1ccc(C(=O)CCO)cc1. The topological polar surface area (TPSA) is 72.8 Å². The molecule has 5 heteroatoms. The van der Waals surface area contributed by atoms with Crippen LogP contribution in [0.4, 0.5) is 0 Å². The largest absolute Gasteiger partial charge is 0.490 e. The molecule has 0 aliphatic carbocycles. The summed E-state index contributed by atoms with van der Waals surface area (Å²) in [5.74, 6) is 0.0184. The van der Waals surface area contributed by atoms with Crippen molar-refractivity contribution in [2.45, 2.75) is 13.3 Å². The molecule has 0 heterocycles. The Morgan fingerprint density at radius 1 is 1.20 bits per heavy atom. The van der Waals surface area contributed by atoms with Crippen LogP contribution in [0.3, 0.4) is 0 Å². The van der Waals surface area contributed by atoms with E-state index >= 15 is 0 Å². The van der Waals surface area contributed by atoms with E-state index < -0.39 is 5.97 Å². The number of hydrogen-bond donors (Lipinski definition) is 1. The third kappa shape index (κ3) is 5.24. The normalized spacial score (nSPS) is 9.90. The van der Waals surface area contributed by atoms with E-state index in [0.29, 0.717) is 16.9 Å².